The summed E-state index contributed by atoms with van der Waals surface area (Å²) in [7, 11) is 0. The predicted molar refractivity (Wildman–Crippen MR) is 123 cm³/mol. The summed E-state index contributed by atoms with van der Waals surface area (Å²) >= 11 is 5.84. The summed E-state index contributed by atoms with van der Waals surface area (Å²) in [4.78, 5) is 7.05. The number of nitrogens with one attached hydrogen (secondary N) is 1. The zero-order valence-electron chi connectivity index (χ0n) is 18.0. The molecule has 0 unspecified atom stereocenters. The minimum atomic E-state index is 0.0534. The van der Waals surface area contributed by atoms with Gasteiger partial charge in [0.15, 0.2) is 5.11 Å². The van der Waals surface area contributed by atoms with Crippen LogP contribution in [0.4, 0.5) is 0 Å². The summed E-state index contributed by atoms with van der Waals surface area (Å²) in [6.45, 7) is 6.26. The van der Waals surface area contributed by atoms with Crippen LogP contribution in [0.15, 0.2) is 30.5 Å². The third kappa shape index (κ3) is 3.54. The van der Waals surface area contributed by atoms with E-state index in [1.165, 1.54) is 42.6 Å². The van der Waals surface area contributed by atoms with Crippen LogP contribution in [0.5, 0.6) is 0 Å². The van der Waals surface area contributed by atoms with Crippen molar-refractivity contribution in [3.05, 3.63) is 53.1 Å². The third-order valence-electron chi connectivity index (χ3n) is 7.15. The number of hydrogen-bond acceptors (Lipinski definition) is 3. The van der Waals surface area contributed by atoms with Crippen molar-refractivity contribution in [3.8, 4) is 0 Å². The number of aryl methyl sites for hydroxylation is 1. The first kappa shape index (κ1) is 20.0. The van der Waals surface area contributed by atoms with Crippen LogP contribution in [0, 0.1) is 13.8 Å². The molecule has 2 aromatic heterocycles. The lowest BCUT2D eigenvalue weighted by atomic mass is 9.96. The van der Waals surface area contributed by atoms with Crippen LogP contribution in [-0.2, 0) is 4.74 Å². The molecule has 160 valence electrons. The smallest absolute Gasteiger partial charge is 0.170 e. The van der Waals surface area contributed by atoms with E-state index < -0.39 is 0 Å². The molecule has 5 nitrogen and oxygen atoms in total. The van der Waals surface area contributed by atoms with Gasteiger partial charge in [-0.05, 0) is 75.5 Å². The molecule has 1 saturated carbocycles. The van der Waals surface area contributed by atoms with Crippen LogP contribution in [0.3, 0.4) is 0 Å². The Bertz CT molecular complexity index is 899. The quantitative estimate of drug-likeness (QED) is 0.701. The number of rotatable bonds is 5. The highest BCUT2D eigenvalue weighted by molar-refractivity contribution is 7.80. The molecule has 4 heterocycles. The Balaban J connectivity index is 1.55. The fourth-order valence-corrected chi connectivity index (χ4v) is 6.09. The second-order valence-corrected chi connectivity index (χ2v) is 9.44. The van der Waals surface area contributed by atoms with Crippen molar-refractivity contribution in [2.24, 2.45) is 0 Å². The number of ether oxygens (including phenoxy) is 1. The van der Waals surface area contributed by atoms with Crippen molar-refractivity contribution in [3.63, 3.8) is 0 Å². The fraction of sp³-hybridized carbons (Fsp3) is 0.583. The van der Waals surface area contributed by atoms with Crippen molar-refractivity contribution in [1.82, 2.24) is 19.8 Å². The van der Waals surface area contributed by atoms with Gasteiger partial charge in [-0.15, -0.1) is 0 Å². The van der Waals surface area contributed by atoms with E-state index in [1.807, 2.05) is 12.3 Å². The Morgan fingerprint density at radius 3 is 2.70 bits per heavy atom. The average molecular weight is 425 g/mol. The highest BCUT2D eigenvalue weighted by Gasteiger charge is 2.42. The molecule has 2 aliphatic heterocycles. The highest BCUT2D eigenvalue weighted by Crippen LogP contribution is 2.43. The van der Waals surface area contributed by atoms with Gasteiger partial charge in [-0.1, -0.05) is 18.9 Å². The Kier molecular flexibility index (Phi) is 5.54. The van der Waals surface area contributed by atoms with Crippen LogP contribution in [0.25, 0.3) is 0 Å². The molecule has 3 aliphatic rings. The number of hydrogen-bond donors (Lipinski definition) is 1. The molecule has 2 saturated heterocycles. The second kappa shape index (κ2) is 8.31. The van der Waals surface area contributed by atoms with E-state index in [9.17, 15) is 0 Å². The molecule has 3 fully saturated rings. The van der Waals surface area contributed by atoms with Gasteiger partial charge in [0.1, 0.15) is 0 Å². The summed E-state index contributed by atoms with van der Waals surface area (Å²) in [6.07, 6.45) is 9.65. The lowest BCUT2D eigenvalue weighted by molar-refractivity contribution is 0.0841. The van der Waals surface area contributed by atoms with E-state index in [4.69, 9.17) is 17.0 Å². The summed E-state index contributed by atoms with van der Waals surface area (Å²) in [5.41, 5.74) is 5.17. The van der Waals surface area contributed by atoms with Gasteiger partial charge < -0.3 is 19.5 Å². The predicted octanol–water partition coefficient (Wildman–Crippen LogP) is 4.77. The Labute approximate surface area is 184 Å². The minimum Gasteiger partial charge on any atom is -0.376 e. The molecule has 5 rings (SSSR count). The molecule has 0 aromatic carbocycles. The van der Waals surface area contributed by atoms with Crippen molar-refractivity contribution in [2.45, 2.75) is 76.6 Å². The van der Waals surface area contributed by atoms with Gasteiger partial charge in [0.25, 0.3) is 0 Å². The molecular weight excluding hydrogens is 392 g/mol. The van der Waals surface area contributed by atoms with E-state index >= 15 is 0 Å². The first-order chi connectivity index (χ1) is 14.6. The fourth-order valence-electron chi connectivity index (χ4n) is 5.77. The topological polar surface area (TPSA) is 42.3 Å². The SMILES string of the molecule is Cc1cc([C@@H]2[C@H](c3ccccn3)NC(=S)N2C[C@@H]2CCCO2)c(C)n1C1CCCC1. The normalized spacial score (nSPS) is 27.2. The Morgan fingerprint density at radius 1 is 1.17 bits per heavy atom. The number of nitrogens with zero attached hydrogens (tertiary/aromatic N) is 3. The molecule has 0 radical (unpaired) electrons. The number of pyridine rings is 1. The van der Waals surface area contributed by atoms with E-state index in [1.54, 1.807) is 0 Å². The van der Waals surface area contributed by atoms with Crippen LogP contribution in [-0.4, -0.2) is 38.8 Å². The van der Waals surface area contributed by atoms with Gasteiger partial charge in [0.05, 0.1) is 23.9 Å². The van der Waals surface area contributed by atoms with Crippen molar-refractivity contribution in [2.75, 3.05) is 13.2 Å². The number of aromatic nitrogens is 2. The van der Waals surface area contributed by atoms with Gasteiger partial charge in [-0.2, -0.15) is 0 Å². The zero-order valence-corrected chi connectivity index (χ0v) is 18.8. The van der Waals surface area contributed by atoms with Crippen molar-refractivity contribution in [1.29, 1.82) is 0 Å². The van der Waals surface area contributed by atoms with E-state index in [0.717, 1.165) is 36.8 Å². The van der Waals surface area contributed by atoms with Crippen LogP contribution in [0.1, 0.15) is 79.3 Å². The van der Waals surface area contributed by atoms with Gasteiger partial charge in [-0.25, -0.2) is 0 Å². The lowest BCUT2D eigenvalue weighted by Gasteiger charge is -2.30. The second-order valence-electron chi connectivity index (χ2n) is 9.05. The van der Waals surface area contributed by atoms with Gasteiger partial charge in [0, 0.05) is 36.8 Å². The molecule has 30 heavy (non-hydrogen) atoms. The number of thiocarbonyl (C=S) groups is 1. The Morgan fingerprint density at radius 2 is 2.00 bits per heavy atom. The van der Waals surface area contributed by atoms with Gasteiger partial charge in [0.2, 0.25) is 0 Å². The van der Waals surface area contributed by atoms with Crippen LogP contribution < -0.4 is 5.32 Å². The molecule has 2 aromatic rings. The standard InChI is InChI=1S/C24H32N4OS/c1-16-14-20(17(2)28(16)18-8-3-4-9-18)23-22(21-11-5-6-12-25-21)26-24(30)27(23)15-19-10-7-13-29-19/h5-6,11-12,14,18-19,22-23H,3-4,7-10,13,15H2,1-2H3,(H,26,30)/t19-,22-,23+/m0/s1. The van der Waals surface area contributed by atoms with Crippen molar-refractivity contribution >= 4 is 17.3 Å². The maximum atomic E-state index is 5.98. The molecule has 1 N–H and O–H groups in total. The monoisotopic (exact) mass is 424 g/mol. The molecule has 0 bridgehead atoms. The summed E-state index contributed by atoms with van der Waals surface area (Å²) in [6, 6.07) is 9.37. The molecule has 3 atom stereocenters. The van der Waals surface area contributed by atoms with Crippen LogP contribution >= 0.6 is 12.2 Å². The summed E-state index contributed by atoms with van der Waals surface area (Å²) < 4.78 is 8.57. The first-order valence-electron chi connectivity index (χ1n) is 11.4. The minimum absolute atomic E-state index is 0.0534. The maximum absolute atomic E-state index is 5.98. The molecular formula is C24H32N4OS. The molecule has 6 heteroatoms. The Hall–Kier alpha value is -1.92. The highest BCUT2D eigenvalue weighted by atomic mass is 32.1. The third-order valence-corrected chi connectivity index (χ3v) is 7.51. The molecule has 0 amide bonds. The van der Waals surface area contributed by atoms with E-state index in [-0.39, 0.29) is 18.2 Å². The first-order valence-corrected chi connectivity index (χ1v) is 11.8. The van der Waals surface area contributed by atoms with E-state index in [2.05, 4.69) is 51.8 Å². The zero-order chi connectivity index (χ0) is 20.7. The molecule has 1 aliphatic carbocycles. The largest absolute Gasteiger partial charge is 0.376 e. The lowest BCUT2D eigenvalue weighted by Crippen LogP contribution is -2.36. The average Bonchev–Trinajstić information content (AvgIpc) is 3.53. The molecule has 0 spiro atoms. The maximum Gasteiger partial charge on any atom is 0.170 e. The van der Waals surface area contributed by atoms with Crippen LogP contribution in [0.2, 0.25) is 0 Å². The summed E-state index contributed by atoms with van der Waals surface area (Å²) in [5, 5.41) is 4.41. The van der Waals surface area contributed by atoms with E-state index in [0.29, 0.717) is 6.04 Å². The summed E-state index contributed by atoms with van der Waals surface area (Å²) in [5.74, 6) is 0. The van der Waals surface area contributed by atoms with Gasteiger partial charge in [-0.3, -0.25) is 4.98 Å². The van der Waals surface area contributed by atoms with Gasteiger partial charge >= 0.3 is 0 Å². The van der Waals surface area contributed by atoms with Crippen molar-refractivity contribution < 1.29 is 4.74 Å².